The number of fused-ring (bicyclic) bond motifs is 1. The minimum atomic E-state index is -0.114. The Morgan fingerprint density at radius 2 is 1.81 bits per heavy atom. The van der Waals surface area contributed by atoms with Gasteiger partial charge in [-0.2, -0.15) is 0 Å². The summed E-state index contributed by atoms with van der Waals surface area (Å²) in [5.41, 5.74) is 9.71. The van der Waals surface area contributed by atoms with E-state index in [9.17, 15) is 0 Å². The van der Waals surface area contributed by atoms with Gasteiger partial charge in [-0.25, -0.2) is 10.4 Å². The molecule has 0 bridgehead atoms. The summed E-state index contributed by atoms with van der Waals surface area (Å²) in [6, 6.07) is 13.9. The van der Waals surface area contributed by atoms with Crippen LogP contribution in [0.5, 0.6) is 0 Å². The van der Waals surface area contributed by atoms with Crippen molar-refractivity contribution in [3.63, 3.8) is 0 Å². The lowest BCUT2D eigenvalue weighted by molar-refractivity contribution is 0.391. The fraction of sp³-hybridized carbons (Fsp3) is 0.350. The summed E-state index contributed by atoms with van der Waals surface area (Å²) in [6.45, 7) is 0.633. The van der Waals surface area contributed by atoms with Crippen LogP contribution in [-0.4, -0.2) is 11.4 Å². The van der Waals surface area contributed by atoms with Gasteiger partial charge in [0.15, 0.2) is 0 Å². The van der Waals surface area contributed by atoms with Gasteiger partial charge in [0.05, 0.1) is 27.0 Å². The van der Waals surface area contributed by atoms with E-state index in [0.717, 1.165) is 35.6 Å². The first kappa shape index (κ1) is 17.7. The first-order valence-electron chi connectivity index (χ1n) is 9.05. The Kier molecular flexibility index (Phi) is 5.07. The Labute approximate surface area is 164 Å². The highest BCUT2D eigenvalue weighted by atomic mass is 35.5. The van der Waals surface area contributed by atoms with Crippen molar-refractivity contribution in [3.05, 3.63) is 58.1 Å². The zero-order valence-electron chi connectivity index (χ0n) is 14.5. The van der Waals surface area contributed by atoms with Crippen molar-refractivity contribution in [3.8, 4) is 0 Å². The Hall–Kier alpha value is -1.75. The van der Waals surface area contributed by atoms with Gasteiger partial charge in [0.2, 0.25) is 0 Å². The summed E-state index contributed by atoms with van der Waals surface area (Å²) in [5, 5.41) is 4.90. The van der Waals surface area contributed by atoms with E-state index in [2.05, 4.69) is 28.3 Å². The highest BCUT2D eigenvalue weighted by Gasteiger charge is 2.40. The first-order chi connectivity index (χ1) is 12.7. The van der Waals surface area contributed by atoms with Gasteiger partial charge in [0.25, 0.3) is 0 Å². The summed E-state index contributed by atoms with van der Waals surface area (Å²) >= 11 is 12.1. The number of halogens is 2. The summed E-state index contributed by atoms with van der Waals surface area (Å²) in [4.78, 5) is 4.92. The van der Waals surface area contributed by atoms with E-state index in [1.165, 1.54) is 19.3 Å². The number of para-hydroxylation sites is 2. The number of aliphatic imine (C=N–C) groups is 1. The van der Waals surface area contributed by atoms with Gasteiger partial charge in [-0.3, -0.25) is 0 Å². The standard InChI is InChI=1S/C20H22Cl2N4/c21-15-9-8-14(12-16(15)22)13-23-26-19-20(10-4-1-5-11-20)25-18-7-3-2-6-17(18)24-19/h2-3,6-9,12,23,25H,1,4-5,10-11,13H2,(H,24,26). The number of hydrogen-bond donors (Lipinski definition) is 3. The van der Waals surface area contributed by atoms with Crippen LogP contribution in [0, 0.1) is 0 Å². The van der Waals surface area contributed by atoms with Crippen molar-refractivity contribution in [2.24, 2.45) is 4.99 Å². The zero-order valence-corrected chi connectivity index (χ0v) is 16.0. The van der Waals surface area contributed by atoms with Crippen molar-refractivity contribution in [1.29, 1.82) is 0 Å². The molecule has 26 heavy (non-hydrogen) atoms. The van der Waals surface area contributed by atoms with Crippen molar-refractivity contribution in [2.45, 2.75) is 44.2 Å². The van der Waals surface area contributed by atoms with Crippen LogP contribution in [0.3, 0.4) is 0 Å². The molecule has 3 N–H and O–H groups in total. The smallest absolute Gasteiger partial charge is 0.142 e. The van der Waals surface area contributed by atoms with Crippen LogP contribution in [-0.2, 0) is 6.54 Å². The van der Waals surface area contributed by atoms with Crippen LogP contribution in [0.4, 0.5) is 11.4 Å². The van der Waals surface area contributed by atoms with E-state index >= 15 is 0 Å². The number of rotatable bonds is 3. The van der Waals surface area contributed by atoms with Gasteiger partial charge in [0.1, 0.15) is 5.84 Å². The van der Waals surface area contributed by atoms with Crippen LogP contribution in [0.25, 0.3) is 0 Å². The Bertz CT molecular complexity index is 828. The third-order valence-electron chi connectivity index (χ3n) is 5.15. The molecule has 2 aromatic carbocycles. The quantitative estimate of drug-likeness (QED) is 0.612. The van der Waals surface area contributed by atoms with E-state index in [0.29, 0.717) is 16.6 Å². The molecular formula is C20H22Cl2N4. The second-order valence-electron chi connectivity index (χ2n) is 6.97. The van der Waals surface area contributed by atoms with Crippen LogP contribution in [0.2, 0.25) is 10.0 Å². The second kappa shape index (κ2) is 7.47. The molecule has 1 aliphatic heterocycles. The molecule has 2 aromatic rings. The number of nitrogens with zero attached hydrogens (tertiary/aromatic N) is 1. The Morgan fingerprint density at radius 1 is 1.00 bits per heavy atom. The molecule has 2 aliphatic rings. The maximum atomic E-state index is 6.10. The van der Waals surface area contributed by atoms with Crippen LogP contribution in [0.15, 0.2) is 47.5 Å². The second-order valence-corrected chi connectivity index (χ2v) is 7.79. The minimum absolute atomic E-state index is 0.114. The largest absolute Gasteiger partial charge is 0.371 e. The van der Waals surface area contributed by atoms with Gasteiger partial charge < -0.3 is 10.7 Å². The summed E-state index contributed by atoms with van der Waals surface area (Å²) < 4.78 is 0. The highest BCUT2D eigenvalue weighted by Crippen LogP contribution is 2.39. The number of benzene rings is 2. The summed E-state index contributed by atoms with van der Waals surface area (Å²) in [5.74, 6) is 0.968. The molecule has 4 rings (SSSR count). The molecule has 1 saturated carbocycles. The zero-order chi connectivity index (χ0) is 18.0. The molecule has 6 heteroatoms. The molecule has 1 spiro atoms. The number of nitrogens with one attached hydrogen (secondary N) is 3. The molecule has 1 heterocycles. The summed E-state index contributed by atoms with van der Waals surface area (Å²) in [6.07, 6.45) is 5.88. The van der Waals surface area contributed by atoms with Crippen LogP contribution in [0.1, 0.15) is 37.7 Å². The average molecular weight is 389 g/mol. The van der Waals surface area contributed by atoms with Crippen molar-refractivity contribution < 1.29 is 0 Å². The monoisotopic (exact) mass is 388 g/mol. The Balaban J connectivity index is 1.52. The third kappa shape index (κ3) is 3.54. The van der Waals surface area contributed by atoms with E-state index < -0.39 is 0 Å². The van der Waals surface area contributed by atoms with Crippen LogP contribution >= 0.6 is 23.2 Å². The van der Waals surface area contributed by atoms with Crippen molar-refractivity contribution in [1.82, 2.24) is 10.9 Å². The molecule has 1 aliphatic carbocycles. The minimum Gasteiger partial charge on any atom is -0.371 e. The lowest BCUT2D eigenvalue weighted by atomic mass is 9.79. The molecule has 0 aromatic heterocycles. The van der Waals surface area contributed by atoms with E-state index in [1.807, 2.05) is 30.3 Å². The molecule has 136 valence electrons. The van der Waals surface area contributed by atoms with Gasteiger partial charge in [-0.15, -0.1) is 0 Å². The fourth-order valence-electron chi connectivity index (χ4n) is 3.77. The van der Waals surface area contributed by atoms with Crippen molar-refractivity contribution in [2.75, 3.05) is 5.32 Å². The molecule has 1 fully saturated rings. The highest BCUT2D eigenvalue weighted by molar-refractivity contribution is 6.42. The molecule has 0 amide bonds. The van der Waals surface area contributed by atoms with E-state index in [4.69, 9.17) is 28.2 Å². The predicted molar refractivity (Wildman–Crippen MR) is 109 cm³/mol. The van der Waals surface area contributed by atoms with Gasteiger partial charge >= 0.3 is 0 Å². The SMILES string of the molecule is Clc1ccc(CNNC2=Nc3ccccc3NC23CCCCC3)cc1Cl. The molecule has 0 radical (unpaired) electrons. The lowest BCUT2D eigenvalue weighted by Crippen LogP contribution is -2.57. The summed E-state index contributed by atoms with van der Waals surface area (Å²) in [7, 11) is 0. The number of hydrogen-bond acceptors (Lipinski definition) is 4. The number of hydrazine groups is 1. The normalized spacial score (nSPS) is 18.0. The van der Waals surface area contributed by atoms with Gasteiger partial charge in [-0.1, -0.05) is 60.7 Å². The van der Waals surface area contributed by atoms with Crippen molar-refractivity contribution >= 4 is 40.4 Å². The van der Waals surface area contributed by atoms with Crippen LogP contribution < -0.4 is 16.2 Å². The fourth-order valence-corrected chi connectivity index (χ4v) is 4.09. The van der Waals surface area contributed by atoms with Gasteiger partial charge in [-0.05, 0) is 42.7 Å². The number of amidine groups is 1. The maximum Gasteiger partial charge on any atom is 0.142 e. The molecule has 4 nitrogen and oxygen atoms in total. The number of anilines is 1. The third-order valence-corrected chi connectivity index (χ3v) is 5.89. The first-order valence-corrected chi connectivity index (χ1v) is 9.81. The molecular weight excluding hydrogens is 367 g/mol. The Morgan fingerprint density at radius 3 is 2.62 bits per heavy atom. The molecule has 0 unspecified atom stereocenters. The molecule has 0 saturated heterocycles. The lowest BCUT2D eigenvalue weighted by Gasteiger charge is -2.42. The average Bonchev–Trinajstić information content (AvgIpc) is 2.66. The van der Waals surface area contributed by atoms with E-state index in [1.54, 1.807) is 0 Å². The maximum absolute atomic E-state index is 6.10. The predicted octanol–water partition coefficient (Wildman–Crippen LogP) is 5.45. The topological polar surface area (TPSA) is 48.5 Å². The van der Waals surface area contributed by atoms with Gasteiger partial charge in [0, 0.05) is 6.54 Å². The van der Waals surface area contributed by atoms with E-state index in [-0.39, 0.29) is 5.54 Å². The molecule has 0 atom stereocenters.